The van der Waals surface area contributed by atoms with E-state index in [-0.39, 0.29) is 17.6 Å². The van der Waals surface area contributed by atoms with Gasteiger partial charge >= 0.3 is 0 Å². The molecular weight excluding hydrogens is 226 g/mol. The van der Waals surface area contributed by atoms with Gasteiger partial charge in [0.05, 0.1) is 6.04 Å². The Kier molecular flexibility index (Phi) is 4.03. The number of unbranched alkanes of at least 4 members (excludes halogenated alkanes) is 1. The predicted octanol–water partition coefficient (Wildman–Crippen LogP) is 3.02. The molecule has 1 aromatic rings. The summed E-state index contributed by atoms with van der Waals surface area (Å²) in [6, 6.07) is 7.25. The van der Waals surface area contributed by atoms with Crippen LogP contribution in [0.2, 0.25) is 0 Å². The molecule has 0 aliphatic carbocycles. The first-order valence-corrected chi connectivity index (χ1v) is 6.46. The van der Waals surface area contributed by atoms with Crippen molar-refractivity contribution in [2.24, 2.45) is 0 Å². The average molecular weight is 245 g/mol. The van der Waals surface area contributed by atoms with Gasteiger partial charge in [0.2, 0.25) is 0 Å². The third-order valence-electron chi connectivity index (χ3n) is 3.29. The molecule has 0 amide bonds. The molecule has 3 heteroatoms. The maximum absolute atomic E-state index is 11.6. The summed E-state index contributed by atoms with van der Waals surface area (Å²) in [4.78, 5) is 13.8. The predicted molar refractivity (Wildman–Crippen MR) is 71.2 cm³/mol. The summed E-state index contributed by atoms with van der Waals surface area (Å²) >= 11 is 0. The van der Waals surface area contributed by atoms with Gasteiger partial charge in [0.25, 0.3) is 0 Å². The summed E-state index contributed by atoms with van der Waals surface area (Å²) < 4.78 is 0. The van der Waals surface area contributed by atoms with E-state index in [0.29, 0.717) is 6.42 Å². The maximum Gasteiger partial charge on any atom is 0.159 e. The lowest BCUT2D eigenvalue weighted by molar-refractivity contribution is -0.116. The van der Waals surface area contributed by atoms with Gasteiger partial charge in [-0.05, 0) is 30.2 Å². The molecule has 0 spiro atoms. The van der Waals surface area contributed by atoms with Gasteiger partial charge in [-0.25, -0.2) is 0 Å². The second-order valence-corrected chi connectivity index (χ2v) is 4.68. The number of carbonyl (C=O) groups excluding carboxylic acids is 1. The summed E-state index contributed by atoms with van der Waals surface area (Å²) in [6.07, 6.45) is 6.34. The van der Waals surface area contributed by atoms with E-state index in [0.717, 1.165) is 24.9 Å². The Morgan fingerprint density at radius 3 is 2.72 bits per heavy atom. The smallest absolute Gasteiger partial charge is 0.159 e. The first-order valence-electron chi connectivity index (χ1n) is 6.46. The van der Waals surface area contributed by atoms with Crippen LogP contribution in [0.5, 0.6) is 5.75 Å². The molecule has 0 aromatic heterocycles. The van der Waals surface area contributed by atoms with Crippen molar-refractivity contribution in [1.82, 2.24) is 4.90 Å². The third-order valence-corrected chi connectivity index (χ3v) is 3.29. The van der Waals surface area contributed by atoms with Crippen LogP contribution in [-0.4, -0.2) is 22.3 Å². The van der Waals surface area contributed by atoms with Crippen LogP contribution in [0.15, 0.2) is 36.5 Å². The molecule has 0 bridgehead atoms. The van der Waals surface area contributed by atoms with E-state index in [1.165, 1.54) is 0 Å². The summed E-state index contributed by atoms with van der Waals surface area (Å²) in [6.45, 7) is 3.13. The molecule has 1 aliphatic rings. The van der Waals surface area contributed by atoms with E-state index < -0.39 is 0 Å². The summed E-state index contributed by atoms with van der Waals surface area (Å²) in [5, 5.41) is 9.32. The molecule has 2 rings (SSSR count). The third kappa shape index (κ3) is 2.92. The number of hydrogen-bond donors (Lipinski definition) is 1. The zero-order chi connectivity index (χ0) is 13.0. The highest BCUT2D eigenvalue weighted by Gasteiger charge is 2.23. The summed E-state index contributed by atoms with van der Waals surface area (Å²) in [5.74, 6) is 0.428. The number of hydrogen-bond acceptors (Lipinski definition) is 3. The van der Waals surface area contributed by atoms with Crippen molar-refractivity contribution in [2.45, 2.75) is 32.2 Å². The van der Waals surface area contributed by atoms with E-state index in [2.05, 4.69) is 11.8 Å². The number of carbonyl (C=O) groups is 1. The Balaban J connectivity index is 2.19. The van der Waals surface area contributed by atoms with E-state index >= 15 is 0 Å². The fourth-order valence-corrected chi connectivity index (χ4v) is 2.24. The number of phenolic OH excluding ortho intramolecular Hbond substituents is 1. The number of benzene rings is 1. The summed E-state index contributed by atoms with van der Waals surface area (Å²) in [5.41, 5.74) is 1.08. The van der Waals surface area contributed by atoms with E-state index in [4.69, 9.17) is 0 Å². The highest BCUT2D eigenvalue weighted by molar-refractivity contribution is 5.90. The zero-order valence-corrected chi connectivity index (χ0v) is 10.7. The number of rotatable bonds is 4. The molecular formula is C15H19NO2. The number of allylic oxidation sites excluding steroid dienone is 1. The van der Waals surface area contributed by atoms with E-state index in [1.807, 2.05) is 18.3 Å². The van der Waals surface area contributed by atoms with E-state index in [1.54, 1.807) is 18.2 Å². The first-order chi connectivity index (χ1) is 8.70. The molecule has 0 fully saturated rings. The Morgan fingerprint density at radius 2 is 2.06 bits per heavy atom. The largest absolute Gasteiger partial charge is 0.508 e. The molecule has 1 aromatic carbocycles. The highest BCUT2D eigenvalue weighted by atomic mass is 16.3. The fraction of sp³-hybridized carbons (Fsp3) is 0.400. The van der Waals surface area contributed by atoms with Crippen molar-refractivity contribution in [2.75, 3.05) is 6.54 Å². The number of phenols is 1. The van der Waals surface area contributed by atoms with Crippen molar-refractivity contribution in [3.63, 3.8) is 0 Å². The molecule has 1 heterocycles. The standard InChI is InChI=1S/C15H19NO2/c1-2-3-9-16-10-8-14(18)11-15(16)12-4-6-13(17)7-5-12/h4-8,10,15,17H,2-3,9,11H2,1H3. The second-order valence-electron chi connectivity index (χ2n) is 4.68. The van der Waals surface area contributed by atoms with Gasteiger partial charge in [-0.15, -0.1) is 0 Å². The van der Waals surface area contributed by atoms with E-state index in [9.17, 15) is 9.90 Å². The average Bonchev–Trinajstić information content (AvgIpc) is 2.38. The van der Waals surface area contributed by atoms with Gasteiger partial charge < -0.3 is 10.0 Å². The minimum atomic E-state index is 0.106. The lowest BCUT2D eigenvalue weighted by Gasteiger charge is -2.33. The molecule has 18 heavy (non-hydrogen) atoms. The Morgan fingerprint density at radius 1 is 1.33 bits per heavy atom. The fourth-order valence-electron chi connectivity index (χ4n) is 2.24. The van der Waals surface area contributed by atoms with Crippen LogP contribution >= 0.6 is 0 Å². The van der Waals surface area contributed by atoms with Crippen molar-refractivity contribution < 1.29 is 9.90 Å². The van der Waals surface area contributed by atoms with Crippen molar-refractivity contribution in [1.29, 1.82) is 0 Å². The second kappa shape index (κ2) is 5.71. The number of ketones is 1. The van der Waals surface area contributed by atoms with Gasteiger partial charge in [-0.3, -0.25) is 4.79 Å². The molecule has 1 aliphatic heterocycles. The van der Waals surface area contributed by atoms with Crippen LogP contribution < -0.4 is 0 Å². The van der Waals surface area contributed by atoms with Crippen LogP contribution in [0.3, 0.4) is 0 Å². The molecule has 1 atom stereocenters. The maximum atomic E-state index is 11.6. The van der Waals surface area contributed by atoms with Crippen LogP contribution in [-0.2, 0) is 4.79 Å². The molecule has 0 saturated carbocycles. The van der Waals surface area contributed by atoms with Gasteiger partial charge in [0.15, 0.2) is 5.78 Å². The first kappa shape index (κ1) is 12.7. The van der Waals surface area contributed by atoms with Gasteiger partial charge in [-0.1, -0.05) is 25.5 Å². The van der Waals surface area contributed by atoms with Crippen LogP contribution in [0.1, 0.15) is 37.8 Å². The minimum absolute atomic E-state index is 0.106. The normalized spacial score (nSPS) is 19.3. The lowest BCUT2D eigenvalue weighted by atomic mass is 9.97. The van der Waals surface area contributed by atoms with Gasteiger partial charge in [0.1, 0.15) is 5.75 Å². The molecule has 0 saturated heterocycles. The Hall–Kier alpha value is -1.77. The van der Waals surface area contributed by atoms with Gasteiger partial charge in [0, 0.05) is 19.2 Å². The van der Waals surface area contributed by atoms with Crippen LogP contribution in [0.4, 0.5) is 0 Å². The van der Waals surface area contributed by atoms with Crippen LogP contribution in [0.25, 0.3) is 0 Å². The molecule has 96 valence electrons. The van der Waals surface area contributed by atoms with Crippen molar-refractivity contribution in [3.05, 3.63) is 42.1 Å². The van der Waals surface area contributed by atoms with Crippen molar-refractivity contribution >= 4 is 5.78 Å². The van der Waals surface area contributed by atoms with Crippen LogP contribution in [0, 0.1) is 0 Å². The molecule has 3 nitrogen and oxygen atoms in total. The summed E-state index contributed by atoms with van der Waals surface area (Å²) in [7, 11) is 0. The topological polar surface area (TPSA) is 40.5 Å². The van der Waals surface area contributed by atoms with Gasteiger partial charge in [-0.2, -0.15) is 0 Å². The Bertz CT molecular complexity index is 436. The lowest BCUT2D eigenvalue weighted by Crippen LogP contribution is -2.29. The molecule has 1 N–H and O–H groups in total. The molecule has 0 radical (unpaired) electrons. The monoisotopic (exact) mass is 245 g/mol. The highest BCUT2D eigenvalue weighted by Crippen LogP contribution is 2.29. The minimum Gasteiger partial charge on any atom is -0.508 e. The van der Waals surface area contributed by atoms with Crippen molar-refractivity contribution in [3.8, 4) is 5.75 Å². The quantitative estimate of drug-likeness (QED) is 0.886. The number of nitrogens with zero attached hydrogens (tertiary/aromatic N) is 1. The zero-order valence-electron chi connectivity index (χ0n) is 10.7. The molecule has 1 unspecified atom stereocenters. The SMILES string of the molecule is CCCCN1C=CC(=O)CC1c1ccc(O)cc1. The Labute approximate surface area is 108 Å². The number of aromatic hydroxyl groups is 1.